The lowest BCUT2D eigenvalue weighted by atomic mass is 10.1. The number of hydrogen-bond donors (Lipinski definition) is 0. The van der Waals surface area contributed by atoms with E-state index in [9.17, 15) is 9.18 Å². The van der Waals surface area contributed by atoms with E-state index in [2.05, 4.69) is 0 Å². The Morgan fingerprint density at radius 3 is 2.82 bits per heavy atom. The number of carbonyl (C=O) groups is 1. The summed E-state index contributed by atoms with van der Waals surface area (Å²) in [6.07, 6.45) is 0.427. The zero-order valence-electron chi connectivity index (χ0n) is 9.34. The highest BCUT2D eigenvalue weighted by molar-refractivity contribution is 6.34. The molecular weight excluding hydrogens is 264 g/mol. The molecule has 1 atom stereocenters. The lowest BCUT2D eigenvalue weighted by molar-refractivity contribution is -0.117. The summed E-state index contributed by atoms with van der Waals surface area (Å²) in [5.41, 5.74) is 1.05. The van der Waals surface area contributed by atoms with Crippen LogP contribution in [0.2, 0.25) is 5.02 Å². The van der Waals surface area contributed by atoms with Crippen molar-refractivity contribution in [3.05, 3.63) is 28.5 Å². The van der Waals surface area contributed by atoms with Gasteiger partial charge >= 0.3 is 0 Å². The highest BCUT2D eigenvalue weighted by Crippen LogP contribution is 2.33. The number of alkyl halides is 1. The number of carbonyl (C=O) groups excluding carboxylic acids is 1. The van der Waals surface area contributed by atoms with Crippen molar-refractivity contribution < 1.29 is 9.18 Å². The van der Waals surface area contributed by atoms with Gasteiger partial charge in [-0.25, -0.2) is 4.39 Å². The quantitative estimate of drug-likeness (QED) is 0.758. The smallest absolute Gasteiger partial charge is 0.227 e. The van der Waals surface area contributed by atoms with E-state index in [1.165, 1.54) is 6.07 Å². The van der Waals surface area contributed by atoms with E-state index in [0.717, 1.165) is 0 Å². The fourth-order valence-corrected chi connectivity index (χ4v) is 2.43. The van der Waals surface area contributed by atoms with Gasteiger partial charge in [0.2, 0.25) is 5.91 Å². The third kappa shape index (κ3) is 2.40. The van der Waals surface area contributed by atoms with Gasteiger partial charge in [0.15, 0.2) is 0 Å². The van der Waals surface area contributed by atoms with Crippen LogP contribution in [0.1, 0.15) is 12.0 Å². The van der Waals surface area contributed by atoms with Crippen LogP contribution in [0.25, 0.3) is 0 Å². The molecule has 1 unspecified atom stereocenters. The Labute approximate surface area is 109 Å². The van der Waals surface area contributed by atoms with Crippen LogP contribution in [0.15, 0.2) is 12.1 Å². The van der Waals surface area contributed by atoms with Crippen molar-refractivity contribution in [3.8, 4) is 0 Å². The van der Waals surface area contributed by atoms with E-state index in [4.69, 9.17) is 23.2 Å². The maximum absolute atomic E-state index is 13.3. The Hall–Kier alpha value is -0.800. The summed E-state index contributed by atoms with van der Waals surface area (Å²) in [6.45, 7) is 2.20. The first-order valence-corrected chi connectivity index (χ1v) is 6.26. The second kappa shape index (κ2) is 4.83. The van der Waals surface area contributed by atoms with Gasteiger partial charge < -0.3 is 4.90 Å². The third-order valence-corrected chi connectivity index (χ3v) is 3.68. The predicted octanol–water partition coefficient (Wildman–Crippen LogP) is 3.38. The number of hydrogen-bond acceptors (Lipinski definition) is 1. The average Bonchev–Trinajstić information content (AvgIpc) is 2.65. The topological polar surface area (TPSA) is 20.3 Å². The fourth-order valence-electron chi connectivity index (χ4n) is 1.97. The maximum Gasteiger partial charge on any atom is 0.227 e. The summed E-state index contributed by atoms with van der Waals surface area (Å²) >= 11 is 11.7. The lowest BCUT2D eigenvalue weighted by Crippen LogP contribution is -2.25. The first-order valence-electron chi connectivity index (χ1n) is 5.35. The minimum atomic E-state index is -0.362. The minimum absolute atomic E-state index is 0.0106. The van der Waals surface area contributed by atoms with Crippen molar-refractivity contribution >= 4 is 34.8 Å². The maximum atomic E-state index is 13.3. The monoisotopic (exact) mass is 275 g/mol. The van der Waals surface area contributed by atoms with Crippen LogP contribution in [0, 0.1) is 18.7 Å². The van der Waals surface area contributed by atoms with Gasteiger partial charge in [0.05, 0.1) is 10.7 Å². The van der Waals surface area contributed by atoms with E-state index < -0.39 is 0 Å². The SMILES string of the molecule is Cc1cc(N2CC(CCl)CC2=O)c(Cl)cc1F. The molecule has 1 fully saturated rings. The highest BCUT2D eigenvalue weighted by Gasteiger charge is 2.31. The van der Waals surface area contributed by atoms with Crippen LogP contribution >= 0.6 is 23.2 Å². The van der Waals surface area contributed by atoms with Crippen LogP contribution in [0.4, 0.5) is 10.1 Å². The predicted molar refractivity (Wildman–Crippen MR) is 67.3 cm³/mol. The van der Waals surface area contributed by atoms with Crippen LogP contribution in [0.5, 0.6) is 0 Å². The molecule has 1 saturated heterocycles. The molecule has 92 valence electrons. The van der Waals surface area contributed by atoms with Crippen LogP contribution in [-0.2, 0) is 4.79 Å². The van der Waals surface area contributed by atoms with E-state index in [-0.39, 0.29) is 22.7 Å². The van der Waals surface area contributed by atoms with E-state index >= 15 is 0 Å². The van der Waals surface area contributed by atoms with E-state index in [1.807, 2.05) is 0 Å². The van der Waals surface area contributed by atoms with Crippen molar-refractivity contribution in [2.24, 2.45) is 5.92 Å². The molecule has 0 aromatic heterocycles. The molecule has 1 heterocycles. The Morgan fingerprint density at radius 1 is 1.53 bits per heavy atom. The number of benzene rings is 1. The number of anilines is 1. The fraction of sp³-hybridized carbons (Fsp3) is 0.417. The van der Waals surface area contributed by atoms with Gasteiger partial charge in [0.25, 0.3) is 0 Å². The largest absolute Gasteiger partial charge is 0.311 e. The molecule has 0 radical (unpaired) electrons. The molecule has 2 nitrogen and oxygen atoms in total. The first kappa shape index (κ1) is 12.7. The van der Waals surface area contributed by atoms with E-state index in [1.54, 1.807) is 17.9 Å². The molecule has 0 N–H and O–H groups in total. The van der Waals surface area contributed by atoms with Gasteiger partial charge in [0, 0.05) is 18.8 Å². The lowest BCUT2D eigenvalue weighted by Gasteiger charge is -2.18. The second-order valence-electron chi connectivity index (χ2n) is 4.28. The van der Waals surface area contributed by atoms with Crippen molar-refractivity contribution in [1.29, 1.82) is 0 Å². The molecule has 1 aliphatic rings. The number of aryl methyl sites for hydroxylation is 1. The molecule has 17 heavy (non-hydrogen) atoms. The van der Waals surface area contributed by atoms with Crippen molar-refractivity contribution in [3.63, 3.8) is 0 Å². The summed E-state index contributed by atoms with van der Waals surface area (Å²) < 4.78 is 13.3. The molecule has 1 amide bonds. The highest BCUT2D eigenvalue weighted by atomic mass is 35.5. The normalized spacial score (nSPS) is 20.1. The molecule has 0 bridgehead atoms. The molecule has 1 aliphatic heterocycles. The van der Waals surface area contributed by atoms with Gasteiger partial charge in [-0.05, 0) is 30.5 Å². The van der Waals surface area contributed by atoms with Gasteiger partial charge in [-0.15, -0.1) is 11.6 Å². The van der Waals surface area contributed by atoms with Gasteiger partial charge in [-0.1, -0.05) is 11.6 Å². The molecular formula is C12H12Cl2FNO. The Bertz CT molecular complexity index is 464. The van der Waals surface area contributed by atoms with Gasteiger partial charge in [0.1, 0.15) is 5.82 Å². The molecule has 2 rings (SSSR count). The Morgan fingerprint density at radius 2 is 2.24 bits per heavy atom. The van der Waals surface area contributed by atoms with Crippen LogP contribution in [0.3, 0.4) is 0 Å². The third-order valence-electron chi connectivity index (χ3n) is 2.94. The number of amides is 1. The summed E-state index contributed by atoms with van der Waals surface area (Å²) in [5, 5.41) is 0.261. The number of halogens is 3. The van der Waals surface area contributed by atoms with Crippen molar-refractivity contribution in [1.82, 2.24) is 0 Å². The molecule has 1 aromatic rings. The summed E-state index contributed by atoms with van der Waals surface area (Å²) in [6, 6.07) is 2.85. The standard InChI is InChI=1S/C12H12Cl2FNO/c1-7-2-11(9(14)4-10(7)15)16-6-8(5-13)3-12(16)17/h2,4,8H,3,5-6H2,1H3. The van der Waals surface area contributed by atoms with Gasteiger partial charge in [-0.3, -0.25) is 4.79 Å². The number of nitrogens with zero attached hydrogens (tertiary/aromatic N) is 1. The van der Waals surface area contributed by atoms with E-state index in [0.29, 0.717) is 30.1 Å². The zero-order chi connectivity index (χ0) is 12.6. The number of rotatable bonds is 2. The van der Waals surface area contributed by atoms with Gasteiger partial charge in [-0.2, -0.15) is 0 Å². The summed E-state index contributed by atoms with van der Waals surface area (Å²) in [5.74, 6) is 0.216. The Balaban J connectivity index is 2.35. The molecule has 0 spiro atoms. The molecule has 0 aliphatic carbocycles. The van der Waals surface area contributed by atoms with Crippen LogP contribution < -0.4 is 4.90 Å². The average molecular weight is 276 g/mol. The van der Waals surface area contributed by atoms with Crippen molar-refractivity contribution in [2.45, 2.75) is 13.3 Å². The van der Waals surface area contributed by atoms with Crippen LogP contribution in [-0.4, -0.2) is 18.3 Å². The summed E-state index contributed by atoms with van der Waals surface area (Å²) in [4.78, 5) is 13.4. The molecule has 5 heteroatoms. The Kier molecular flexibility index (Phi) is 3.59. The molecule has 1 aromatic carbocycles. The second-order valence-corrected chi connectivity index (χ2v) is 5.00. The first-order chi connectivity index (χ1) is 8.02. The summed E-state index contributed by atoms with van der Waals surface area (Å²) in [7, 11) is 0. The molecule has 0 saturated carbocycles. The minimum Gasteiger partial charge on any atom is -0.311 e. The zero-order valence-corrected chi connectivity index (χ0v) is 10.9. The van der Waals surface area contributed by atoms with Crippen molar-refractivity contribution in [2.75, 3.05) is 17.3 Å².